The molecule has 1 N–H and O–H groups in total. The normalized spacial score (nSPS) is 10.8. The summed E-state index contributed by atoms with van der Waals surface area (Å²) in [4.78, 5) is 12.3. The minimum Gasteiger partial charge on any atom is -0.493 e. The average Bonchev–Trinajstić information content (AvgIpc) is 2.73. The largest absolute Gasteiger partial charge is 0.493 e. The SMILES string of the molecule is CCCCOc1cc(/C=C(\C#N)C(=O)NCCc2ccccc2)ccc1OC. The standard InChI is InChI=1S/C23H26N2O3/c1-3-4-14-28-22-16-19(10-11-21(22)27-2)15-20(17-24)23(26)25-13-12-18-8-6-5-7-9-18/h5-11,15-16H,3-4,12-14H2,1-2H3,(H,25,26)/b20-15+. The first kappa shape index (κ1) is 21.0. The number of hydrogen-bond acceptors (Lipinski definition) is 4. The van der Waals surface area contributed by atoms with Crippen molar-refractivity contribution in [1.29, 1.82) is 5.26 Å². The van der Waals surface area contributed by atoms with Crippen molar-refractivity contribution in [2.45, 2.75) is 26.2 Å². The molecule has 0 saturated heterocycles. The molecule has 5 nitrogen and oxygen atoms in total. The monoisotopic (exact) mass is 378 g/mol. The predicted molar refractivity (Wildman–Crippen MR) is 110 cm³/mol. The molecule has 0 fully saturated rings. The van der Waals surface area contributed by atoms with Crippen LogP contribution in [0.1, 0.15) is 30.9 Å². The molecule has 0 atom stereocenters. The molecule has 1 amide bonds. The summed E-state index contributed by atoms with van der Waals surface area (Å²) in [7, 11) is 1.58. The second-order valence-corrected chi connectivity index (χ2v) is 6.27. The highest BCUT2D eigenvalue weighted by molar-refractivity contribution is 6.01. The van der Waals surface area contributed by atoms with Gasteiger partial charge in [0.1, 0.15) is 11.6 Å². The number of nitrogens with zero attached hydrogens (tertiary/aromatic N) is 1. The topological polar surface area (TPSA) is 71.3 Å². The minimum absolute atomic E-state index is 0.0535. The lowest BCUT2D eigenvalue weighted by atomic mass is 10.1. The van der Waals surface area contributed by atoms with Gasteiger partial charge in [-0.2, -0.15) is 5.26 Å². The van der Waals surface area contributed by atoms with Crippen LogP contribution in [-0.2, 0) is 11.2 Å². The van der Waals surface area contributed by atoms with E-state index in [0.717, 1.165) is 18.4 Å². The molecule has 0 bridgehead atoms. The van der Waals surface area contributed by atoms with Gasteiger partial charge in [-0.3, -0.25) is 4.79 Å². The van der Waals surface area contributed by atoms with Crippen LogP contribution in [0.5, 0.6) is 11.5 Å². The summed E-state index contributed by atoms with van der Waals surface area (Å²) >= 11 is 0. The Hall–Kier alpha value is -3.26. The van der Waals surface area contributed by atoms with Gasteiger partial charge in [-0.15, -0.1) is 0 Å². The number of methoxy groups -OCH3 is 1. The molecule has 0 aromatic heterocycles. The number of carbonyl (C=O) groups excluding carboxylic acids is 1. The Bertz CT molecular complexity index is 839. The van der Waals surface area contributed by atoms with Gasteiger partial charge >= 0.3 is 0 Å². The molecule has 0 saturated carbocycles. The molecule has 2 rings (SSSR count). The van der Waals surface area contributed by atoms with Crippen molar-refractivity contribution < 1.29 is 14.3 Å². The quantitative estimate of drug-likeness (QED) is 0.383. The van der Waals surface area contributed by atoms with Crippen LogP contribution in [0.2, 0.25) is 0 Å². The van der Waals surface area contributed by atoms with Crippen molar-refractivity contribution in [3.8, 4) is 17.6 Å². The van der Waals surface area contributed by atoms with Gasteiger partial charge in [0, 0.05) is 6.54 Å². The molecule has 0 unspecified atom stereocenters. The van der Waals surface area contributed by atoms with Crippen LogP contribution in [0.3, 0.4) is 0 Å². The maximum absolute atomic E-state index is 12.3. The summed E-state index contributed by atoms with van der Waals surface area (Å²) in [6.07, 6.45) is 4.24. The first-order valence-electron chi connectivity index (χ1n) is 9.42. The minimum atomic E-state index is -0.386. The Morgan fingerprint density at radius 1 is 1.18 bits per heavy atom. The Morgan fingerprint density at radius 2 is 1.96 bits per heavy atom. The zero-order chi connectivity index (χ0) is 20.2. The number of ether oxygens (including phenoxy) is 2. The van der Waals surface area contributed by atoms with Gasteiger partial charge in [-0.05, 0) is 42.2 Å². The van der Waals surface area contributed by atoms with Crippen LogP contribution in [0.15, 0.2) is 54.1 Å². The van der Waals surface area contributed by atoms with E-state index in [2.05, 4.69) is 12.2 Å². The summed E-state index contributed by atoms with van der Waals surface area (Å²) in [5, 5.41) is 12.2. The number of rotatable bonds is 10. The fraction of sp³-hybridized carbons (Fsp3) is 0.304. The van der Waals surface area contributed by atoms with Gasteiger partial charge in [0.2, 0.25) is 0 Å². The highest BCUT2D eigenvalue weighted by Gasteiger charge is 2.10. The van der Waals surface area contributed by atoms with Crippen LogP contribution in [0.25, 0.3) is 6.08 Å². The van der Waals surface area contributed by atoms with E-state index in [9.17, 15) is 10.1 Å². The van der Waals surface area contributed by atoms with E-state index in [0.29, 0.717) is 36.6 Å². The third-order valence-corrected chi connectivity index (χ3v) is 4.16. The molecule has 0 radical (unpaired) electrons. The van der Waals surface area contributed by atoms with Gasteiger partial charge < -0.3 is 14.8 Å². The van der Waals surface area contributed by atoms with E-state index >= 15 is 0 Å². The number of nitriles is 1. The third kappa shape index (κ3) is 6.48. The van der Waals surface area contributed by atoms with Gasteiger partial charge in [0.25, 0.3) is 5.91 Å². The molecule has 0 aliphatic rings. The van der Waals surface area contributed by atoms with Crippen LogP contribution in [-0.4, -0.2) is 26.2 Å². The molecular formula is C23H26N2O3. The molecule has 0 aliphatic heterocycles. The van der Waals surface area contributed by atoms with Crippen molar-refractivity contribution >= 4 is 12.0 Å². The summed E-state index contributed by atoms with van der Waals surface area (Å²) in [5.74, 6) is 0.841. The van der Waals surface area contributed by atoms with E-state index < -0.39 is 0 Å². The number of unbranched alkanes of at least 4 members (excludes halogenated alkanes) is 1. The first-order chi connectivity index (χ1) is 13.7. The lowest BCUT2D eigenvalue weighted by molar-refractivity contribution is -0.117. The van der Waals surface area contributed by atoms with Gasteiger partial charge in [0.05, 0.1) is 13.7 Å². The van der Waals surface area contributed by atoms with E-state index in [1.807, 2.05) is 36.4 Å². The highest BCUT2D eigenvalue weighted by atomic mass is 16.5. The molecule has 0 spiro atoms. The smallest absolute Gasteiger partial charge is 0.261 e. The number of amides is 1. The van der Waals surface area contributed by atoms with Crippen molar-refractivity contribution in [1.82, 2.24) is 5.32 Å². The lowest BCUT2D eigenvalue weighted by Gasteiger charge is -2.11. The van der Waals surface area contributed by atoms with E-state index in [1.165, 1.54) is 0 Å². The van der Waals surface area contributed by atoms with Crippen LogP contribution in [0, 0.1) is 11.3 Å². The van der Waals surface area contributed by atoms with E-state index in [-0.39, 0.29) is 11.5 Å². The Morgan fingerprint density at radius 3 is 2.64 bits per heavy atom. The molecule has 5 heteroatoms. The van der Waals surface area contributed by atoms with Crippen LogP contribution < -0.4 is 14.8 Å². The number of nitrogens with one attached hydrogen (secondary N) is 1. The predicted octanol–water partition coefficient (Wildman–Crippen LogP) is 4.14. The Labute approximate surface area is 166 Å². The average molecular weight is 378 g/mol. The molecule has 2 aromatic rings. The summed E-state index contributed by atoms with van der Waals surface area (Å²) in [5.41, 5.74) is 1.90. The van der Waals surface area contributed by atoms with E-state index in [4.69, 9.17) is 9.47 Å². The third-order valence-electron chi connectivity index (χ3n) is 4.16. The fourth-order valence-electron chi connectivity index (χ4n) is 2.60. The zero-order valence-electron chi connectivity index (χ0n) is 16.4. The Balaban J connectivity index is 2.04. The highest BCUT2D eigenvalue weighted by Crippen LogP contribution is 2.29. The summed E-state index contributed by atoms with van der Waals surface area (Å²) in [6, 6.07) is 17.2. The fourth-order valence-corrected chi connectivity index (χ4v) is 2.60. The molecule has 146 valence electrons. The van der Waals surface area contributed by atoms with Crippen molar-refractivity contribution in [2.24, 2.45) is 0 Å². The zero-order valence-corrected chi connectivity index (χ0v) is 16.4. The van der Waals surface area contributed by atoms with Crippen molar-refractivity contribution in [3.05, 3.63) is 65.2 Å². The van der Waals surface area contributed by atoms with Crippen LogP contribution >= 0.6 is 0 Å². The molecular weight excluding hydrogens is 352 g/mol. The second-order valence-electron chi connectivity index (χ2n) is 6.27. The van der Waals surface area contributed by atoms with Gasteiger partial charge in [-0.25, -0.2) is 0 Å². The first-order valence-corrected chi connectivity index (χ1v) is 9.42. The Kier molecular flexibility index (Phi) is 8.61. The van der Waals surface area contributed by atoms with Crippen LogP contribution in [0.4, 0.5) is 0 Å². The maximum Gasteiger partial charge on any atom is 0.261 e. The summed E-state index contributed by atoms with van der Waals surface area (Å²) < 4.78 is 11.1. The summed E-state index contributed by atoms with van der Waals surface area (Å²) in [6.45, 7) is 3.15. The number of benzene rings is 2. The number of carbonyl (C=O) groups is 1. The van der Waals surface area contributed by atoms with Crippen molar-refractivity contribution in [2.75, 3.05) is 20.3 Å². The molecule has 0 aliphatic carbocycles. The molecule has 2 aromatic carbocycles. The molecule has 28 heavy (non-hydrogen) atoms. The maximum atomic E-state index is 12.3. The van der Waals surface area contributed by atoms with Crippen molar-refractivity contribution in [3.63, 3.8) is 0 Å². The number of hydrogen-bond donors (Lipinski definition) is 1. The van der Waals surface area contributed by atoms with E-state index in [1.54, 1.807) is 31.4 Å². The second kappa shape index (κ2) is 11.5. The molecule has 0 heterocycles. The van der Waals surface area contributed by atoms with Gasteiger partial charge in [0.15, 0.2) is 11.5 Å². The van der Waals surface area contributed by atoms with Gasteiger partial charge in [-0.1, -0.05) is 49.7 Å². The lowest BCUT2D eigenvalue weighted by Crippen LogP contribution is -2.26.